The Hall–Kier alpha value is -1.17. The summed E-state index contributed by atoms with van der Waals surface area (Å²) in [6.45, 7) is 0. The fraction of sp³-hybridized carbons (Fsp3) is 0.571. The molecule has 1 aromatic rings. The summed E-state index contributed by atoms with van der Waals surface area (Å²) in [5.41, 5.74) is 0.375. The lowest BCUT2D eigenvalue weighted by atomic mass is 9.94. The van der Waals surface area contributed by atoms with E-state index in [1.54, 1.807) is 19.2 Å². The van der Waals surface area contributed by atoms with E-state index in [2.05, 4.69) is 0 Å². The van der Waals surface area contributed by atoms with Crippen molar-refractivity contribution >= 4 is 15.5 Å². The van der Waals surface area contributed by atoms with Crippen molar-refractivity contribution in [2.75, 3.05) is 11.9 Å². The molecule has 3 nitrogen and oxygen atoms in total. The number of halogens is 2. The second-order valence-corrected chi connectivity index (χ2v) is 7.06. The van der Waals surface area contributed by atoms with Crippen LogP contribution in [0.1, 0.15) is 32.1 Å². The number of hydrogen-bond donors (Lipinski definition) is 0. The first-order valence-corrected chi connectivity index (χ1v) is 8.33. The molecule has 0 amide bonds. The summed E-state index contributed by atoms with van der Waals surface area (Å²) in [7, 11) is -2.78. The van der Waals surface area contributed by atoms with Crippen molar-refractivity contribution in [3.05, 3.63) is 24.3 Å². The van der Waals surface area contributed by atoms with E-state index < -0.39 is 15.6 Å². The molecule has 0 radical (unpaired) electrons. The molecule has 112 valence electrons. The van der Waals surface area contributed by atoms with Crippen LogP contribution < -0.4 is 4.90 Å². The minimum atomic E-state index is -4.57. The zero-order valence-electron chi connectivity index (χ0n) is 11.4. The van der Waals surface area contributed by atoms with Gasteiger partial charge in [0.05, 0.1) is 10.6 Å². The first-order chi connectivity index (χ1) is 9.44. The van der Waals surface area contributed by atoms with E-state index in [1.807, 2.05) is 4.90 Å². The predicted molar refractivity (Wildman–Crippen MR) is 74.9 cm³/mol. The van der Waals surface area contributed by atoms with Crippen LogP contribution in [0.4, 0.5) is 14.5 Å². The van der Waals surface area contributed by atoms with Gasteiger partial charge in [-0.1, -0.05) is 31.4 Å². The van der Waals surface area contributed by atoms with E-state index in [-0.39, 0.29) is 10.9 Å². The number of nitrogens with zero attached hydrogens (tertiary/aromatic N) is 1. The number of anilines is 1. The molecule has 0 bridgehead atoms. The summed E-state index contributed by atoms with van der Waals surface area (Å²) in [5, 5.41) is 0. The molecule has 1 fully saturated rings. The minimum absolute atomic E-state index is 0.220. The van der Waals surface area contributed by atoms with Crippen LogP contribution in [0, 0.1) is 0 Å². The quantitative estimate of drug-likeness (QED) is 0.855. The Morgan fingerprint density at radius 2 is 1.75 bits per heavy atom. The SMILES string of the molecule is CN(c1ccccc1S(=O)(=O)C(F)F)C1CCCCC1. The van der Waals surface area contributed by atoms with Gasteiger partial charge < -0.3 is 4.90 Å². The van der Waals surface area contributed by atoms with Crippen molar-refractivity contribution in [1.29, 1.82) is 0 Å². The standard InChI is InChI=1S/C14H19F2NO2S/c1-17(11-7-3-2-4-8-11)12-9-5-6-10-13(12)20(18,19)14(15)16/h5-6,9-11,14H,2-4,7-8H2,1H3. The van der Waals surface area contributed by atoms with E-state index in [9.17, 15) is 17.2 Å². The van der Waals surface area contributed by atoms with Gasteiger partial charge in [0.1, 0.15) is 0 Å². The molecule has 1 aliphatic rings. The maximum absolute atomic E-state index is 12.8. The van der Waals surface area contributed by atoms with Crippen molar-refractivity contribution in [1.82, 2.24) is 0 Å². The van der Waals surface area contributed by atoms with E-state index in [0.29, 0.717) is 5.69 Å². The highest BCUT2D eigenvalue weighted by Crippen LogP contribution is 2.32. The highest BCUT2D eigenvalue weighted by atomic mass is 32.2. The van der Waals surface area contributed by atoms with E-state index >= 15 is 0 Å². The minimum Gasteiger partial charge on any atom is -0.371 e. The number of alkyl halides is 2. The number of hydrogen-bond acceptors (Lipinski definition) is 3. The number of sulfone groups is 1. The van der Waals surface area contributed by atoms with Crippen LogP contribution in [0.3, 0.4) is 0 Å². The molecule has 0 aromatic heterocycles. The van der Waals surface area contributed by atoms with Gasteiger partial charge in [0, 0.05) is 13.1 Å². The molecular formula is C14H19F2NO2S. The van der Waals surface area contributed by atoms with Crippen molar-refractivity contribution in [2.24, 2.45) is 0 Å². The van der Waals surface area contributed by atoms with Crippen LogP contribution >= 0.6 is 0 Å². The molecule has 1 aliphatic carbocycles. The van der Waals surface area contributed by atoms with Gasteiger partial charge in [0.25, 0.3) is 0 Å². The van der Waals surface area contributed by atoms with Crippen molar-refractivity contribution in [2.45, 2.75) is 48.8 Å². The third-order valence-corrected chi connectivity index (χ3v) is 5.34. The Morgan fingerprint density at radius 1 is 1.15 bits per heavy atom. The Labute approximate surface area is 118 Å². The van der Waals surface area contributed by atoms with Crippen LogP contribution in [0.15, 0.2) is 29.2 Å². The van der Waals surface area contributed by atoms with Gasteiger partial charge in [0.2, 0.25) is 9.84 Å². The second kappa shape index (κ2) is 6.08. The van der Waals surface area contributed by atoms with Gasteiger partial charge in [0.15, 0.2) is 0 Å². The van der Waals surface area contributed by atoms with E-state index in [4.69, 9.17) is 0 Å². The molecule has 0 atom stereocenters. The highest BCUT2D eigenvalue weighted by molar-refractivity contribution is 7.91. The molecule has 0 heterocycles. The normalized spacial score (nSPS) is 17.4. The maximum atomic E-state index is 12.8. The van der Waals surface area contributed by atoms with E-state index in [1.165, 1.54) is 18.6 Å². The molecule has 0 unspecified atom stereocenters. The summed E-state index contributed by atoms with van der Waals surface area (Å²) < 4.78 is 49.1. The Bertz CT molecular complexity index is 554. The van der Waals surface area contributed by atoms with Crippen LogP contribution in [0.2, 0.25) is 0 Å². The maximum Gasteiger partial charge on any atom is 0.341 e. The molecule has 0 saturated heterocycles. The first-order valence-electron chi connectivity index (χ1n) is 6.78. The molecule has 20 heavy (non-hydrogen) atoms. The fourth-order valence-electron chi connectivity index (χ4n) is 2.75. The molecular weight excluding hydrogens is 284 g/mol. The molecule has 0 aliphatic heterocycles. The van der Waals surface area contributed by atoms with Crippen LogP contribution in [0.25, 0.3) is 0 Å². The van der Waals surface area contributed by atoms with Crippen molar-refractivity contribution in [3.63, 3.8) is 0 Å². The molecule has 0 N–H and O–H groups in total. The summed E-state index contributed by atoms with van der Waals surface area (Å²) in [6, 6.07) is 6.24. The molecule has 1 saturated carbocycles. The molecule has 1 aromatic carbocycles. The van der Waals surface area contributed by atoms with Gasteiger partial charge in [-0.15, -0.1) is 0 Å². The van der Waals surface area contributed by atoms with Gasteiger partial charge >= 0.3 is 5.76 Å². The lowest BCUT2D eigenvalue weighted by Gasteiger charge is -2.34. The van der Waals surface area contributed by atoms with Crippen LogP contribution in [-0.2, 0) is 9.84 Å². The predicted octanol–water partition coefficient (Wildman–Crippen LogP) is 3.45. The number of para-hydroxylation sites is 1. The number of benzene rings is 1. The first kappa shape index (κ1) is 15.2. The third kappa shape index (κ3) is 2.95. The molecule has 2 rings (SSSR count). The third-order valence-electron chi connectivity index (χ3n) is 3.91. The fourth-order valence-corrected chi connectivity index (χ4v) is 3.71. The average molecular weight is 303 g/mol. The summed E-state index contributed by atoms with van der Waals surface area (Å²) in [5.74, 6) is -3.39. The Balaban J connectivity index is 2.37. The van der Waals surface area contributed by atoms with E-state index in [0.717, 1.165) is 25.7 Å². The lowest BCUT2D eigenvalue weighted by Crippen LogP contribution is -2.34. The lowest BCUT2D eigenvalue weighted by molar-refractivity contribution is 0.234. The zero-order chi connectivity index (χ0) is 14.8. The molecule has 6 heteroatoms. The Kier molecular flexibility index (Phi) is 4.62. The number of rotatable bonds is 4. The summed E-state index contributed by atoms with van der Waals surface area (Å²) >= 11 is 0. The second-order valence-electron chi connectivity index (χ2n) is 5.18. The summed E-state index contributed by atoms with van der Waals surface area (Å²) in [4.78, 5) is 1.57. The smallest absolute Gasteiger partial charge is 0.341 e. The Morgan fingerprint density at radius 3 is 2.35 bits per heavy atom. The highest BCUT2D eigenvalue weighted by Gasteiger charge is 2.31. The molecule has 0 spiro atoms. The van der Waals surface area contributed by atoms with Gasteiger partial charge in [-0.3, -0.25) is 0 Å². The van der Waals surface area contributed by atoms with Gasteiger partial charge in [-0.05, 0) is 25.0 Å². The van der Waals surface area contributed by atoms with Gasteiger partial charge in [-0.25, -0.2) is 8.42 Å². The topological polar surface area (TPSA) is 37.4 Å². The zero-order valence-corrected chi connectivity index (χ0v) is 12.2. The van der Waals surface area contributed by atoms with Crippen LogP contribution in [0.5, 0.6) is 0 Å². The largest absolute Gasteiger partial charge is 0.371 e. The van der Waals surface area contributed by atoms with Gasteiger partial charge in [-0.2, -0.15) is 8.78 Å². The van der Waals surface area contributed by atoms with Crippen molar-refractivity contribution < 1.29 is 17.2 Å². The van der Waals surface area contributed by atoms with Crippen LogP contribution in [-0.4, -0.2) is 27.3 Å². The van der Waals surface area contributed by atoms with Crippen molar-refractivity contribution in [3.8, 4) is 0 Å². The average Bonchev–Trinajstić information content (AvgIpc) is 2.47. The monoisotopic (exact) mass is 303 g/mol. The summed E-state index contributed by atoms with van der Waals surface area (Å²) in [6.07, 6.45) is 5.32.